The van der Waals surface area contributed by atoms with E-state index in [1.807, 2.05) is 12.1 Å². The monoisotopic (exact) mass is 314 g/mol. The summed E-state index contributed by atoms with van der Waals surface area (Å²) in [6.45, 7) is 0.528. The minimum Gasteiger partial charge on any atom is -0.497 e. The summed E-state index contributed by atoms with van der Waals surface area (Å²) in [5.41, 5.74) is 0.876. The molecule has 1 heterocycles. The highest BCUT2D eigenvalue weighted by atomic mass is 32.2. The standard InChI is InChI=1S/C14H22N2O4S/c1-15(2)21(17,18)16-9-5-6-13(16)12-8-7-11(19-3)10-14(12)20-4/h7-8,10,13H,5-6,9H2,1-4H3. The maximum absolute atomic E-state index is 12.4. The van der Waals surface area contributed by atoms with Crippen molar-refractivity contribution in [3.8, 4) is 11.5 Å². The lowest BCUT2D eigenvalue weighted by Crippen LogP contribution is -2.39. The smallest absolute Gasteiger partial charge is 0.282 e. The SMILES string of the molecule is COc1ccc(C2CCCN2S(=O)(=O)N(C)C)c(OC)c1. The molecule has 0 N–H and O–H groups in total. The molecule has 1 saturated heterocycles. The van der Waals surface area contributed by atoms with Gasteiger partial charge in [-0.3, -0.25) is 0 Å². The third-order valence-electron chi connectivity index (χ3n) is 3.76. The van der Waals surface area contributed by atoms with Crippen molar-refractivity contribution < 1.29 is 17.9 Å². The lowest BCUT2D eigenvalue weighted by Gasteiger charge is -2.28. The molecule has 1 atom stereocenters. The van der Waals surface area contributed by atoms with Crippen molar-refractivity contribution >= 4 is 10.2 Å². The third kappa shape index (κ3) is 3.00. The Balaban J connectivity index is 2.41. The predicted octanol–water partition coefficient (Wildman–Crippen LogP) is 1.65. The molecule has 0 radical (unpaired) electrons. The first-order valence-corrected chi connectivity index (χ1v) is 8.22. The minimum atomic E-state index is -3.43. The van der Waals surface area contributed by atoms with E-state index in [9.17, 15) is 8.42 Å². The van der Waals surface area contributed by atoms with E-state index in [2.05, 4.69) is 0 Å². The third-order valence-corrected chi connectivity index (χ3v) is 5.71. The van der Waals surface area contributed by atoms with E-state index in [1.165, 1.54) is 8.61 Å². The molecule has 21 heavy (non-hydrogen) atoms. The lowest BCUT2D eigenvalue weighted by atomic mass is 10.0. The van der Waals surface area contributed by atoms with Crippen LogP contribution < -0.4 is 9.47 Å². The largest absolute Gasteiger partial charge is 0.497 e. The van der Waals surface area contributed by atoms with Gasteiger partial charge >= 0.3 is 0 Å². The molecular weight excluding hydrogens is 292 g/mol. The van der Waals surface area contributed by atoms with Crippen molar-refractivity contribution in [3.05, 3.63) is 23.8 Å². The molecular formula is C14H22N2O4S. The summed E-state index contributed by atoms with van der Waals surface area (Å²) >= 11 is 0. The van der Waals surface area contributed by atoms with E-state index in [-0.39, 0.29) is 6.04 Å². The molecule has 0 saturated carbocycles. The number of rotatable bonds is 5. The normalized spacial score (nSPS) is 20.0. The molecule has 0 bridgehead atoms. The molecule has 1 unspecified atom stereocenters. The average molecular weight is 314 g/mol. The Kier molecular flexibility index (Phi) is 4.75. The van der Waals surface area contributed by atoms with Gasteiger partial charge in [0.2, 0.25) is 0 Å². The molecule has 6 nitrogen and oxygen atoms in total. The molecule has 7 heteroatoms. The van der Waals surface area contributed by atoms with Crippen LogP contribution in [0.25, 0.3) is 0 Å². The van der Waals surface area contributed by atoms with Crippen LogP contribution in [0.4, 0.5) is 0 Å². The average Bonchev–Trinajstić information content (AvgIpc) is 2.96. The van der Waals surface area contributed by atoms with E-state index < -0.39 is 10.2 Å². The fraction of sp³-hybridized carbons (Fsp3) is 0.571. The summed E-state index contributed by atoms with van der Waals surface area (Å²) in [7, 11) is 2.84. The maximum Gasteiger partial charge on any atom is 0.282 e. The highest BCUT2D eigenvalue weighted by Gasteiger charge is 2.37. The van der Waals surface area contributed by atoms with Gasteiger partial charge in [0.05, 0.1) is 20.3 Å². The van der Waals surface area contributed by atoms with Crippen LogP contribution in [0.1, 0.15) is 24.4 Å². The second kappa shape index (κ2) is 6.21. The topological polar surface area (TPSA) is 59.1 Å². The molecule has 0 aliphatic carbocycles. The van der Waals surface area contributed by atoms with Crippen molar-refractivity contribution in [3.63, 3.8) is 0 Å². The Morgan fingerprint density at radius 1 is 1.24 bits per heavy atom. The molecule has 0 spiro atoms. The van der Waals surface area contributed by atoms with E-state index >= 15 is 0 Å². The van der Waals surface area contributed by atoms with Crippen LogP contribution in [-0.2, 0) is 10.2 Å². The van der Waals surface area contributed by atoms with Gasteiger partial charge in [-0.1, -0.05) is 6.07 Å². The minimum absolute atomic E-state index is 0.196. The van der Waals surface area contributed by atoms with Gasteiger partial charge in [-0.15, -0.1) is 0 Å². The van der Waals surface area contributed by atoms with Crippen molar-refractivity contribution in [2.45, 2.75) is 18.9 Å². The Labute approximate surface area is 126 Å². The van der Waals surface area contributed by atoms with Gasteiger partial charge in [0.25, 0.3) is 10.2 Å². The molecule has 1 aromatic rings. The van der Waals surface area contributed by atoms with E-state index in [0.717, 1.165) is 18.4 Å². The number of benzene rings is 1. The second-order valence-corrected chi connectivity index (χ2v) is 7.26. The van der Waals surface area contributed by atoms with E-state index in [1.54, 1.807) is 34.4 Å². The highest BCUT2D eigenvalue weighted by Crippen LogP contribution is 2.40. The van der Waals surface area contributed by atoms with Crippen LogP contribution in [0, 0.1) is 0 Å². The van der Waals surface area contributed by atoms with Gasteiger partial charge in [0, 0.05) is 32.3 Å². The Hall–Kier alpha value is -1.31. The quantitative estimate of drug-likeness (QED) is 0.829. The molecule has 1 aliphatic rings. The summed E-state index contributed by atoms with van der Waals surface area (Å²) in [5.74, 6) is 1.34. The molecule has 1 aromatic carbocycles. The number of methoxy groups -OCH3 is 2. The van der Waals surface area contributed by atoms with Crippen molar-refractivity contribution in [2.24, 2.45) is 0 Å². The highest BCUT2D eigenvalue weighted by molar-refractivity contribution is 7.86. The summed E-state index contributed by atoms with van der Waals surface area (Å²) < 4.78 is 38.2. The van der Waals surface area contributed by atoms with Gasteiger partial charge in [0.15, 0.2) is 0 Å². The Morgan fingerprint density at radius 3 is 2.52 bits per heavy atom. The summed E-state index contributed by atoms with van der Waals surface area (Å²) in [5, 5.41) is 0. The summed E-state index contributed by atoms with van der Waals surface area (Å²) in [6, 6.07) is 5.30. The van der Waals surface area contributed by atoms with Crippen LogP contribution in [0.15, 0.2) is 18.2 Å². The fourth-order valence-electron chi connectivity index (χ4n) is 2.63. The van der Waals surface area contributed by atoms with Gasteiger partial charge in [-0.25, -0.2) is 0 Å². The zero-order valence-electron chi connectivity index (χ0n) is 12.9. The molecule has 2 rings (SSSR count). The lowest BCUT2D eigenvalue weighted by molar-refractivity contribution is 0.344. The van der Waals surface area contributed by atoms with Gasteiger partial charge in [0.1, 0.15) is 11.5 Å². The van der Waals surface area contributed by atoms with Crippen molar-refractivity contribution in [1.82, 2.24) is 8.61 Å². The predicted molar refractivity (Wildman–Crippen MR) is 80.8 cm³/mol. The van der Waals surface area contributed by atoms with Crippen LogP contribution in [0.3, 0.4) is 0 Å². The molecule has 1 aliphatic heterocycles. The molecule has 1 fully saturated rings. The first-order valence-electron chi connectivity index (χ1n) is 6.83. The number of ether oxygens (including phenoxy) is 2. The zero-order valence-corrected chi connectivity index (χ0v) is 13.7. The van der Waals surface area contributed by atoms with E-state index in [4.69, 9.17) is 9.47 Å². The van der Waals surface area contributed by atoms with Crippen LogP contribution in [-0.4, -0.2) is 51.9 Å². The number of nitrogens with zero attached hydrogens (tertiary/aromatic N) is 2. The Bertz CT molecular complexity index is 601. The first-order chi connectivity index (χ1) is 9.91. The summed E-state index contributed by atoms with van der Waals surface area (Å²) in [4.78, 5) is 0. The fourth-order valence-corrected chi connectivity index (χ4v) is 3.95. The van der Waals surface area contributed by atoms with Gasteiger partial charge in [-0.05, 0) is 18.9 Å². The molecule has 118 valence electrons. The number of hydrogen-bond donors (Lipinski definition) is 0. The van der Waals surface area contributed by atoms with Crippen molar-refractivity contribution in [2.75, 3.05) is 34.9 Å². The molecule has 0 aromatic heterocycles. The Morgan fingerprint density at radius 2 is 1.95 bits per heavy atom. The maximum atomic E-state index is 12.4. The first kappa shape index (κ1) is 16.1. The second-order valence-electron chi connectivity index (χ2n) is 5.17. The zero-order chi connectivity index (χ0) is 15.6. The van der Waals surface area contributed by atoms with Crippen LogP contribution in [0.2, 0.25) is 0 Å². The van der Waals surface area contributed by atoms with Gasteiger partial charge < -0.3 is 9.47 Å². The summed E-state index contributed by atoms with van der Waals surface area (Å²) in [6.07, 6.45) is 1.63. The van der Waals surface area contributed by atoms with Crippen LogP contribution >= 0.6 is 0 Å². The van der Waals surface area contributed by atoms with Gasteiger partial charge in [-0.2, -0.15) is 17.0 Å². The van der Waals surface area contributed by atoms with Crippen molar-refractivity contribution in [1.29, 1.82) is 0 Å². The van der Waals surface area contributed by atoms with E-state index in [0.29, 0.717) is 18.0 Å². The molecule has 0 amide bonds. The van der Waals surface area contributed by atoms with Crippen LogP contribution in [0.5, 0.6) is 11.5 Å². The number of hydrogen-bond acceptors (Lipinski definition) is 4.